The fourth-order valence-electron chi connectivity index (χ4n) is 2.68. The van der Waals surface area contributed by atoms with Crippen LogP contribution in [0.25, 0.3) is 0 Å². The largest absolute Gasteiger partial charge is 0.477 e. The molecule has 0 bridgehead atoms. The smallest absolute Gasteiger partial charge is 0.354 e. The Morgan fingerprint density at radius 2 is 1.97 bits per heavy atom. The van der Waals surface area contributed by atoms with Gasteiger partial charge in [0.15, 0.2) is 6.73 Å². The van der Waals surface area contributed by atoms with Crippen molar-refractivity contribution in [2.75, 3.05) is 5.32 Å². The summed E-state index contributed by atoms with van der Waals surface area (Å²) in [7, 11) is 0. The molecule has 3 rings (SSSR count). The number of carbonyl (C=O) groups excluding carboxylic acids is 1. The Hall–Kier alpha value is -3.04. The molecule has 11 heteroatoms. The van der Waals surface area contributed by atoms with Crippen LogP contribution in [0.3, 0.4) is 0 Å². The molecule has 0 radical (unpaired) electrons. The quantitative estimate of drug-likeness (QED) is 0.585. The average molecular weight is 438 g/mol. The molecule has 2 heterocycles. The lowest BCUT2D eigenvalue weighted by atomic mass is 10.3. The first-order chi connectivity index (χ1) is 13.8. The van der Waals surface area contributed by atoms with E-state index in [9.17, 15) is 9.59 Å². The van der Waals surface area contributed by atoms with Gasteiger partial charge in [-0.2, -0.15) is 10.2 Å². The Bertz CT molecular complexity index is 1080. The van der Waals surface area contributed by atoms with Gasteiger partial charge in [0.1, 0.15) is 18.0 Å². The number of halogens is 2. The van der Waals surface area contributed by atoms with E-state index in [1.54, 1.807) is 36.7 Å². The van der Waals surface area contributed by atoms with E-state index in [0.717, 1.165) is 4.68 Å². The predicted molar refractivity (Wildman–Crippen MR) is 107 cm³/mol. The Kier molecular flexibility index (Phi) is 6.09. The molecule has 2 N–H and O–H groups in total. The van der Waals surface area contributed by atoms with Crippen molar-refractivity contribution in [2.45, 2.75) is 27.1 Å². The van der Waals surface area contributed by atoms with Gasteiger partial charge in [0, 0.05) is 11.2 Å². The molecule has 0 saturated carbocycles. The van der Waals surface area contributed by atoms with Crippen LogP contribution in [0.5, 0.6) is 5.75 Å². The maximum absolute atomic E-state index is 12.4. The summed E-state index contributed by atoms with van der Waals surface area (Å²) in [4.78, 5) is 23.5. The number of hydrogen-bond acceptors (Lipinski definition) is 5. The fraction of sp³-hybridized carbons (Fsp3) is 0.222. The maximum atomic E-state index is 12.4. The number of aryl methyl sites for hydroxylation is 1. The summed E-state index contributed by atoms with van der Waals surface area (Å²) in [6, 6.07) is 6.22. The molecule has 0 aliphatic rings. The second kappa shape index (κ2) is 8.54. The van der Waals surface area contributed by atoms with E-state index in [-0.39, 0.29) is 19.0 Å². The standard InChI is InChI=1S/C18H17Cl2N5O4/c1-10-17(22-16(26)8-24-14(18(27)28)5-6-21-24)11(2)25(23-10)9-29-15-4-3-12(19)7-13(15)20/h3-7H,8-9H2,1-2H3,(H,22,26)(H,27,28). The van der Waals surface area contributed by atoms with Crippen LogP contribution in [0.4, 0.5) is 5.69 Å². The van der Waals surface area contributed by atoms with E-state index in [0.29, 0.717) is 32.9 Å². The van der Waals surface area contributed by atoms with Crippen molar-refractivity contribution < 1.29 is 19.4 Å². The van der Waals surface area contributed by atoms with Crippen LogP contribution in [0, 0.1) is 13.8 Å². The maximum Gasteiger partial charge on any atom is 0.354 e. The molecular formula is C18H17Cl2N5O4. The monoisotopic (exact) mass is 437 g/mol. The number of carboxylic acids is 1. The normalized spacial score (nSPS) is 10.8. The highest BCUT2D eigenvalue weighted by Gasteiger charge is 2.17. The Labute approximate surface area is 175 Å². The first-order valence-electron chi connectivity index (χ1n) is 8.43. The number of rotatable bonds is 7. The SMILES string of the molecule is Cc1nn(COc2ccc(Cl)cc2Cl)c(C)c1NC(=O)Cn1nccc1C(=O)O. The topological polar surface area (TPSA) is 111 Å². The predicted octanol–water partition coefficient (Wildman–Crippen LogP) is 3.38. The van der Waals surface area contributed by atoms with Gasteiger partial charge >= 0.3 is 5.97 Å². The van der Waals surface area contributed by atoms with E-state index < -0.39 is 11.9 Å². The van der Waals surface area contributed by atoms with Crippen molar-refractivity contribution in [3.63, 3.8) is 0 Å². The first-order valence-corrected chi connectivity index (χ1v) is 9.18. The van der Waals surface area contributed by atoms with Crippen LogP contribution >= 0.6 is 23.2 Å². The van der Waals surface area contributed by atoms with Gasteiger partial charge in [-0.25, -0.2) is 14.2 Å². The number of carboxylic acid groups (broad SMARTS) is 1. The summed E-state index contributed by atoms with van der Waals surface area (Å²) in [5, 5.41) is 20.9. The van der Waals surface area contributed by atoms with Gasteiger partial charge in [0.05, 0.1) is 22.1 Å². The molecule has 9 nitrogen and oxygen atoms in total. The lowest BCUT2D eigenvalue weighted by Crippen LogP contribution is -2.22. The lowest BCUT2D eigenvalue weighted by molar-refractivity contribution is -0.116. The molecule has 0 aliphatic carbocycles. The van der Waals surface area contributed by atoms with E-state index in [2.05, 4.69) is 15.5 Å². The van der Waals surface area contributed by atoms with Crippen molar-refractivity contribution in [3.8, 4) is 5.75 Å². The minimum atomic E-state index is -1.16. The first kappa shape index (κ1) is 20.7. The molecular weight excluding hydrogens is 421 g/mol. The zero-order valence-electron chi connectivity index (χ0n) is 15.5. The molecule has 29 heavy (non-hydrogen) atoms. The molecule has 1 aromatic carbocycles. The van der Waals surface area contributed by atoms with Crippen LogP contribution in [-0.4, -0.2) is 36.5 Å². The van der Waals surface area contributed by atoms with Crippen molar-refractivity contribution >= 4 is 40.8 Å². The highest BCUT2D eigenvalue weighted by Crippen LogP contribution is 2.28. The summed E-state index contributed by atoms with van der Waals surface area (Å²) in [5.74, 6) is -1.13. The van der Waals surface area contributed by atoms with E-state index in [1.807, 2.05) is 0 Å². The average Bonchev–Trinajstić information content (AvgIpc) is 3.21. The molecule has 2 aromatic heterocycles. The van der Waals surface area contributed by atoms with Gasteiger partial charge in [0.2, 0.25) is 5.91 Å². The second-order valence-electron chi connectivity index (χ2n) is 6.12. The number of hydrogen-bond donors (Lipinski definition) is 2. The fourth-order valence-corrected chi connectivity index (χ4v) is 3.14. The Morgan fingerprint density at radius 3 is 2.66 bits per heavy atom. The highest BCUT2D eigenvalue weighted by molar-refractivity contribution is 6.35. The summed E-state index contributed by atoms with van der Waals surface area (Å²) in [6.07, 6.45) is 1.32. The third-order valence-electron chi connectivity index (χ3n) is 4.11. The van der Waals surface area contributed by atoms with Crippen molar-refractivity contribution in [1.29, 1.82) is 0 Å². The van der Waals surface area contributed by atoms with Crippen molar-refractivity contribution in [1.82, 2.24) is 19.6 Å². The number of benzene rings is 1. The van der Waals surface area contributed by atoms with E-state index >= 15 is 0 Å². The van der Waals surface area contributed by atoms with Gasteiger partial charge in [-0.1, -0.05) is 23.2 Å². The minimum Gasteiger partial charge on any atom is -0.477 e. The Morgan fingerprint density at radius 1 is 1.21 bits per heavy atom. The van der Waals surface area contributed by atoms with E-state index in [1.165, 1.54) is 12.3 Å². The number of nitrogens with zero attached hydrogens (tertiary/aromatic N) is 4. The van der Waals surface area contributed by atoms with Gasteiger partial charge in [0.25, 0.3) is 0 Å². The Balaban J connectivity index is 1.69. The highest BCUT2D eigenvalue weighted by atomic mass is 35.5. The lowest BCUT2D eigenvalue weighted by Gasteiger charge is -2.10. The molecule has 0 fully saturated rings. The summed E-state index contributed by atoms with van der Waals surface area (Å²) < 4.78 is 8.36. The van der Waals surface area contributed by atoms with E-state index in [4.69, 9.17) is 33.0 Å². The second-order valence-corrected chi connectivity index (χ2v) is 6.96. The number of aromatic carboxylic acids is 1. The third kappa shape index (κ3) is 4.69. The number of ether oxygens (including phenoxy) is 1. The molecule has 0 spiro atoms. The van der Waals surface area contributed by atoms with Gasteiger partial charge in [-0.3, -0.25) is 4.79 Å². The molecule has 0 unspecified atom stereocenters. The van der Waals surface area contributed by atoms with Crippen LogP contribution in [0.2, 0.25) is 10.0 Å². The number of carbonyl (C=O) groups is 2. The molecule has 0 saturated heterocycles. The molecule has 3 aromatic rings. The molecule has 0 aliphatic heterocycles. The van der Waals surface area contributed by atoms with Crippen LogP contribution < -0.4 is 10.1 Å². The molecule has 0 atom stereocenters. The molecule has 1 amide bonds. The third-order valence-corrected chi connectivity index (χ3v) is 4.64. The number of amides is 1. The zero-order chi connectivity index (χ0) is 21.1. The number of nitrogens with one attached hydrogen (secondary N) is 1. The summed E-state index contributed by atoms with van der Waals surface area (Å²) in [6.45, 7) is 3.35. The summed E-state index contributed by atoms with van der Waals surface area (Å²) in [5.41, 5.74) is 1.70. The van der Waals surface area contributed by atoms with Gasteiger partial charge in [-0.15, -0.1) is 0 Å². The number of aromatic nitrogens is 4. The van der Waals surface area contributed by atoms with Crippen LogP contribution in [0.15, 0.2) is 30.5 Å². The molecule has 152 valence electrons. The zero-order valence-corrected chi connectivity index (χ0v) is 17.0. The summed E-state index contributed by atoms with van der Waals surface area (Å²) >= 11 is 12.0. The van der Waals surface area contributed by atoms with Crippen LogP contribution in [-0.2, 0) is 18.1 Å². The van der Waals surface area contributed by atoms with Crippen molar-refractivity contribution in [2.24, 2.45) is 0 Å². The van der Waals surface area contributed by atoms with Gasteiger partial charge in [-0.05, 0) is 38.1 Å². The van der Waals surface area contributed by atoms with Crippen molar-refractivity contribution in [3.05, 3.63) is 57.6 Å². The van der Waals surface area contributed by atoms with Gasteiger partial charge < -0.3 is 15.2 Å². The number of anilines is 1. The minimum absolute atomic E-state index is 0.0717. The van der Waals surface area contributed by atoms with Crippen LogP contribution in [0.1, 0.15) is 21.9 Å².